The molecule has 0 bridgehead atoms. The van der Waals surface area contributed by atoms with Crippen LogP contribution in [0.1, 0.15) is 26.6 Å². The second-order valence-electron chi connectivity index (χ2n) is 5.52. The number of hydrogen-bond acceptors (Lipinski definition) is 5. The zero-order valence-electron chi connectivity index (χ0n) is 14.2. The molecule has 27 heavy (non-hydrogen) atoms. The number of nitrogens with one attached hydrogen (secondary N) is 3. The van der Waals surface area contributed by atoms with E-state index in [0.29, 0.717) is 11.4 Å². The van der Waals surface area contributed by atoms with Gasteiger partial charge in [0.1, 0.15) is 11.5 Å². The zero-order chi connectivity index (χ0) is 19.1. The van der Waals surface area contributed by atoms with Gasteiger partial charge in [0.2, 0.25) is 0 Å². The third-order valence-corrected chi connectivity index (χ3v) is 3.60. The second-order valence-corrected chi connectivity index (χ2v) is 5.52. The van der Waals surface area contributed by atoms with Crippen LogP contribution in [0.3, 0.4) is 0 Å². The van der Waals surface area contributed by atoms with Crippen LogP contribution in [-0.4, -0.2) is 29.4 Å². The molecule has 1 aromatic carbocycles. The third-order valence-electron chi connectivity index (χ3n) is 3.60. The molecule has 0 saturated carbocycles. The number of anilines is 1. The molecule has 0 spiro atoms. The lowest BCUT2D eigenvalue weighted by Gasteiger charge is -2.11. The molecule has 3 rings (SSSR count). The van der Waals surface area contributed by atoms with Crippen LogP contribution in [0.25, 0.3) is 0 Å². The Morgan fingerprint density at radius 2 is 1.89 bits per heavy atom. The number of para-hydroxylation sites is 1. The number of ether oxygens (including phenoxy) is 1. The minimum Gasteiger partial charge on any atom is -0.467 e. The van der Waals surface area contributed by atoms with Gasteiger partial charge in [-0.15, -0.1) is 0 Å². The monoisotopic (exact) mass is 367 g/mol. The summed E-state index contributed by atoms with van der Waals surface area (Å²) >= 11 is 0. The molecule has 3 N–H and O–H groups in total. The number of esters is 1. The van der Waals surface area contributed by atoms with E-state index in [9.17, 15) is 14.4 Å². The molecule has 2 amide bonds. The third kappa shape index (κ3) is 4.85. The number of carbonyl (C=O) groups excluding carboxylic acids is 3. The van der Waals surface area contributed by atoms with E-state index in [4.69, 9.17) is 9.15 Å². The van der Waals surface area contributed by atoms with Gasteiger partial charge < -0.3 is 24.8 Å². The van der Waals surface area contributed by atoms with E-state index >= 15 is 0 Å². The van der Waals surface area contributed by atoms with Crippen molar-refractivity contribution < 1.29 is 23.5 Å². The number of H-pyrrole nitrogens is 1. The number of rotatable bonds is 7. The molecular weight excluding hydrogens is 350 g/mol. The Labute approximate surface area is 154 Å². The van der Waals surface area contributed by atoms with Crippen molar-refractivity contribution in [1.29, 1.82) is 0 Å². The first kappa shape index (κ1) is 18.0. The van der Waals surface area contributed by atoms with Crippen molar-refractivity contribution in [3.05, 3.63) is 78.0 Å². The predicted octanol–water partition coefficient (Wildman–Crippen LogP) is 2.33. The fraction of sp³-hybridized carbons (Fsp3) is 0.105. The van der Waals surface area contributed by atoms with Crippen molar-refractivity contribution in [3.8, 4) is 0 Å². The summed E-state index contributed by atoms with van der Waals surface area (Å²) in [7, 11) is 0. The van der Waals surface area contributed by atoms with Gasteiger partial charge in [0.25, 0.3) is 11.8 Å². The molecule has 0 aliphatic rings. The van der Waals surface area contributed by atoms with Gasteiger partial charge in [0, 0.05) is 6.20 Å². The highest BCUT2D eigenvalue weighted by Crippen LogP contribution is 2.15. The normalized spacial score (nSPS) is 10.2. The standard InChI is InChI=1S/C19H17N3O5/c23-17(12-27-19(25)16-8-3-9-20-16)22-15-7-2-1-6-14(15)18(24)21-11-13-5-4-10-26-13/h1-10,20H,11-12H2,(H,21,24)(H,22,23). The highest BCUT2D eigenvalue weighted by molar-refractivity contribution is 6.04. The smallest absolute Gasteiger partial charge is 0.355 e. The maximum Gasteiger partial charge on any atom is 0.355 e. The Morgan fingerprint density at radius 3 is 2.63 bits per heavy atom. The van der Waals surface area contributed by atoms with Gasteiger partial charge in [-0.2, -0.15) is 0 Å². The summed E-state index contributed by atoms with van der Waals surface area (Å²) in [6, 6.07) is 13.2. The van der Waals surface area contributed by atoms with Crippen molar-refractivity contribution in [2.45, 2.75) is 6.54 Å². The number of carbonyl (C=O) groups is 3. The molecule has 8 heteroatoms. The van der Waals surface area contributed by atoms with Crippen LogP contribution < -0.4 is 10.6 Å². The fourth-order valence-corrected chi connectivity index (χ4v) is 2.32. The highest BCUT2D eigenvalue weighted by Gasteiger charge is 2.15. The Morgan fingerprint density at radius 1 is 1.04 bits per heavy atom. The molecular formula is C19H17N3O5. The Bertz CT molecular complexity index is 917. The Kier molecular flexibility index (Phi) is 5.68. The first-order valence-electron chi connectivity index (χ1n) is 8.13. The van der Waals surface area contributed by atoms with E-state index in [1.54, 1.807) is 54.7 Å². The first-order valence-corrected chi connectivity index (χ1v) is 8.13. The van der Waals surface area contributed by atoms with Crippen LogP contribution in [0.4, 0.5) is 5.69 Å². The van der Waals surface area contributed by atoms with Crippen LogP contribution in [0, 0.1) is 0 Å². The molecule has 3 aromatic rings. The quantitative estimate of drug-likeness (QED) is 0.555. The lowest BCUT2D eigenvalue weighted by molar-refractivity contribution is -0.119. The molecule has 0 aliphatic heterocycles. The van der Waals surface area contributed by atoms with Gasteiger partial charge in [0.15, 0.2) is 6.61 Å². The fourth-order valence-electron chi connectivity index (χ4n) is 2.32. The van der Waals surface area contributed by atoms with Gasteiger partial charge >= 0.3 is 5.97 Å². The van der Waals surface area contributed by atoms with Crippen molar-refractivity contribution >= 4 is 23.5 Å². The van der Waals surface area contributed by atoms with Gasteiger partial charge in [-0.25, -0.2) is 4.79 Å². The van der Waals surface area contributed by atoms with Gasteiger partial charge in [-0.1, -0.05) is 12.1 Å². The maximum atomic E-state index is 12.4. The summed E-state index contributed by atoms with van der Waals surface area (Å²) in [6.07, 6.45) is 3.10. The molecule has 0 unspecified atom stereocenters. The number of furan rings is 1. The SMILES string of the molecule is O=C(COC(=O)c1ccc[nH]1)Nc1ccccc1C(=O)NCc1ccco1. The summed E-state index contributed by atoms with van der Waals surface area (Å²) < 4.78 is 10.1. The lowest BCUT2D eigenvalue weighted by atomic mass is 10.1. The largest absolute Gasteiger partial charge is 0.467 e. The van der Waals surface area contributed by atoms with E-state index in [1.807, 2.05) is 0 Å². The molecule has 0 fully saturated rings. The highest BCUT2D eigenvalue weighted by atomic mass is 16.5. The molecule has 8 nitrogen and oxygen atoms in total. The van der Waals surface area contributed by atoms with Crippen LogP contribution in [0.5, 0.6) is 0 Å². The average Bonchev–Trinajstić information content (AvgIpc) is 3.38. The molecule has 0 atom stereocenters. The van der Waals surface area contributed by atoms with E-state index in [2.05, 4.69) is 15.6 Å². The number of benzene rings is 1. The summed E-state index contributed by atoms with van der Waals surface area (Å²) in [5.41, 5.74) is 0.851. The van der Waals surface area contributed by atoms with Crippen molar-refractivity contribution in [2.75, 3.05) is 11.9 Å². The van der Waals surface area contributed by atoms with Crippen molar-refractivity contribution in [1.82, 2.24) is 10.3 Å². The molecule has 2 aromatic heterocycles. The minimum absolute atomic E-state index is 0.224. The van der Waals surface area contributed by atoms with Gasteiger partial charge in [-0.3, -0.25) is 9.59 Å². The maximum absolute atomic E-state index is 12.4. The first-order chi connectivity index (χ1) is 13.1. The Balaban J connectivity index is 1.57. The number of aromatic amines is 1. The number of aromatic nitrogens is 1. The van der Waals surface area contributed by atoms with Crippen LogP contribution in [0.15, 0.2) is 65.4 Å². The van der Waals surface area contributed by atoms with Crippen molar-refractivity contribution in [3.63, 3.8) is 0 Å². The lowest BCUT2D eigenvalue weighted by Crippen LogP contribution is -2.26. The van der Waals surface area contributed by atoms with Gasteiger partial charge in [-0.05, 0) is 36.4 Å². The average molecular weight is 367 g/mol. The number of amides is 2. The molecule has 0 radical (unpaired) electrons. The zero-order valence-corrected chi connectivity index (χ0v) is 14.2. The molecule has 0 aliphatic carbocycles. The topological polar surface area (TPSA) is 113 Å². The summed E-state index contributed by atoms with van der Waals surface area (Å²) in [5.74, 6) is -0.951. The molecule has 0 saturated heterocycles. The molecule has 2 heterocycles. The van der Waals surface area contributed by atoms with Crippen LogP contribution in [0.2, 0.25) is 0 Å². The second kappa shape index (κ2) is 8.52. The van der Waals surface area contributed by atoms with Crippen molar-refractivity contribution in [2.24, 2.45) is 0 Å². The Hall–Kier alpha value is -3.81. The van der Waals surface area contributed by atoms with Crippen LogP contribution in [-0.2, 0) is 16.1 Å². The van der Waals surface area contributed by atoms with E-state index in [0.717, 1.165) is 0 Å². The minimum atomic E-state index is -0.639. The van der Waals surface area contributed by atoms with E-state index in [-0.39, 0.29) is 23.7 Å². The summed E-state index contributed by atoms with van der Waals surface area (Å²) in [6.45, 7) is -0.248. The van der Waals surface area contributed by atoms with E-state index in [1.165, 1.54) is 6.26 Å². The van der Waals surface area contributed by atoms with E-state index < -0.39 is 18.5 Å². The predicted molar refractivity (Wildman–Crippen MR) is 96.0 cm³/mol. The number of hydrogen-bond donors (Lipinski definition) is 3. The van der Waals surface area contributed by atoms with Gasteiger partial charge in [0.05, 0.1) is 24.1 Å². The summed E-state index contributed by atoms with van der Waals surface area (Å²) in [5, 5.41) is 5.28. The van der Waals surface area contributed by atoms with Crippen LogP contribution >= 0.6 is 0 Å². The molecule has 138 valence electrons. The summed E-state index contributed by atoms with van der Waals surface area (Å²) in [4.78, 5) is 38.9.